The first-order valence-corrected chi connectivity index (χ1v) is 8.79. The lowest BCUT2D eigenvalue weighted by atomic mass is 10.1. The van der Waals surface area contributed by atoms with Crippen LogP contribution in [-0.2, 0) is 16.0 Å². The monoisotopic (exact) mass is 350 g/mol. The lowest BCUT2D eigenvalue weighted by Gasteiger charge is -2.08. The molecule has 2 rings (SSSR count). The fourth-order valence-corrected chi connectivity index (χ4v) is 2.65. The molecule has 130 valence electrons. The fourth-order valence-electron chi connectivity index (χ4n) is 1.95. The van der Waals surface area contributed by atoms with Gasteiger partial charge in [0, 0.05) is 0 Å². The lowest BCUT2D eigenvalue weighted by Crippen LogP contribution is -2.17. The topological polar surface area (TPSA) is 74.5 Å². The molecule has 0 saturated carbocycles. The van der Waals surface area contributed by atoms with Gasteiger partial charge in [0.1, 0.15) is 11.0 Å². The van der Waals surface area contributed by atoms with E-state index < -0.39 is 0 Å². The second kappa shape index (κ2) is 9.32. The first-order chi connectivity index (χ1) is 11.6. The number of methoxy groups -OCH3 is 1. The van der Waals surface area contributed by atoms with Crippen molar-refractivity contribution in [1.29, 1.82) is 0 Å². The number of ether oxygens (including phenoxy) is 2. The summed E-state index contributed by atoms with van der Waals surface area (Å²) in [5.41, 5.74) is 1.02. The maximum atomic E-state index is 11.8. The number of esters is 1. The van der Waals surface area contributed by atoms with E-state index in [1.165, 1.54) is 11.8 Å². The zero-order chi connectivity index (χ0) is 17.4. The molecule has 6 nitrogen and oxygen atoms in total. The van der Waals surface area contributed by atoms with E-state index in [1.807, 2.05) is 31.2 Å². The van der Waals surface area contributed by atoms with Crippen molar-refractivity contribution in [2.45, 2.75) is 43.6 Å². The van der Waals surface area contributed by atoms with Gasteiger partial charge in [0.2, 0.25) is 5.89 Å². The number of nitrogens with zero attached hydrogens (tertiary/aromatic N) is 2. The van der Waals surface area contributed by atoms with Crippen LogP contribution in [0, 0.1) is 0 Å². The van der Waals surface area contributed by atoms with Crippen LogP contribution in [0.3, 0.4) is 0 Å². The van der Waals surface area contributed by atoms with Gasteiger partial charge >= 0.3 is 5.97 Å². The Morgan fingerprint density at radius 2 is 2.21 bits per heavy atom. The van der Waals surface area contributed by atoms with Gasteiger partial charge in [-0.15, -0.1) is 10.2 Å². The molecule has 0 aliphatic rings. The molecule has 0 bridgehead atoms. The molecule has 1 aromatic heterocycles. The third-order valence-electron chi connectivity index (χ3n) is 3.29. The van der Waals surface area contributed by atoms with E-state index in [-0.39, 0.29) is 11.2 Å². The van der Waals surface area contributed by atoms with Crippen molar-refractivity contribution in [3.8, 4) is 5.75 Å². The SMILES string of the molecule is CCCCOC(=O)C(C)Sc1nnc(Cc2cccc(OC)c2)o1. The normalized spacial score (nSPS) is 12.0. The van der Waals surface area contributed by atoms with Crippen LogP contribution < -0.4 is 4.74 Å². The molecule has 7 heteroatoms. The highest BCUT2D eigenvalue weighted by atomic mass is 32.2. The number of carbonyl (C=O) groups excluding carboxylic acids is 1. The lowest BCUT2D eigenvalue weighted by molar-refractivity contribution is -0.142. The van der Waals surface area contributed by atoms with Gasteiger partial charge in [0.25, 0.3) is 5.22 Å². The molecule has 1 heterocycles. The molecular formula is C17H22N2O4S. The zero-order valence-corrected chi connectivity index (χ0v) is 15.0. The number of hydrogen-bond donors (Lipinski definition) is 0. The highest BCUT2D eigenvalue weighted by Gasteiger charge is 2.19. The summed E-state index contributed by atoms with van der Waals surface area (Å²) in [7, 11) is 1.63. The van der Waals surface area contributed by atoms with Crippen molar-refractivity contribution in [3.63, 3.8) is 0 Å². The molecule has 0 amide bonds. The van der Waals surface area contributed by atoms with Gasteiger partial charge in [-0.1, -0.05) is 37.2 Å². The Morgan fingerprint density at radius 1 is 1.38 bits per heavy atom. The van der Waals surface area contributed by atoms with Crippen molar-refractivity contribution in [3.05, 3.63) is 35.7 Å². The summed E-state index contributed by atoms with van der Waals surface area (Å²) < 4.78 is 16.0. The number of hydrogen-bond acceptors (Lipinski definition) is 7. The van der Waals surface area contributed by atoms with E-state index in [9.17, 15) is 4.79 Å². The molecule has 1 atom stereocenters. The van der Waals surface area contributed by atoms with Gasteiger partial charge in [-0.25, -0.2) is 0 Å². The minimum Gasteiger partial charge on any atom is -0.497 e. The van der Waals surface area contributed by atoms with E-state index in [1.54, 1.807) is 14.0 Å². The van der Waals surface area contributed by atoms with Gasteiger partial charge in [0.15, 0.2) is 0 Å². The van der Waals surface area contributed by atoms with Gasteiger partial charge < -0.3 is 13.9 Å². The first-order valence-electron chi connectivity index (χ1n) is 7.91. The van der Waals surface area contributed by atoms with E-state index in [4.69, 9.17) is 13.9 Å². The maximum absolute atomic E-state index is 11.8. The van der Waals surface area contributed by atoms with E-state index in [0.717, 1.165) is 24.2 Å². The molecule has 0 saturated heterocycles. The van der Waals surface area contributed by atoms with Crippen LogP contribution in [0.15, 0.2) is 33.9 Å². The molecule has 2 aromatic rings. The molecule has 24 heavy (non-hydrogen) atoms. The van der Waals surface area contributed by atoms with Crippen LogP contribution in [-0.4, -0.2) is 35.1 Å². The van der Waals surface area contributed by atoms with Gasteiger partial charge in [-0.2, -0.15) is 0 Å². The van der Waals surface area contributed by atoms with Crippen molar-refractivity contribution in [2.24, 2.45) is 0 Å². The van der Waals surface area contributed by atoms with Gasteiger partial charge in [-0.05, 0) is 31.0 Å². The summed E-state index contributed by atoms with van der Waals surface area (Å²) in [6, 6.07) is 7.68. The first kappa shape index (κ1) is 18.3. The number of thioether (sulfide) groups is 1. The Balaban J connectivity index is 1.89. The number of aromatic nitrogens is 2. The smallest absolute Gasteiger partial charge is 0.319 e. The quantitative estimate of drug-likeness (QED) is 0.389. The van der Waals surface area contributed by atoms with Crippen LogP contribution in [0.4, 0.5) is 0 Å². The third-order valence-corrected chi connectivity index (χ3v) is 4.20. The summed E-state index contributed by atoms with van der Waals surface area (Å²) in [6.07, 6.45) is 2.38. The summed E-state index contributed by atoms with van der Waals surface area (Å²) >= 11 is 1.21. The molecular weight excluding hydrogens is 328 g/mol. The van der Waals surface area contributed by atoms with E-state index in [0.29, 0.717) is 24.1 Å². The molecule has 0 spiro atoms. The minimum absolute atomic E-state index is 0.263. The number of unbranched alkanes of at least 4 members (excludes halogenated alkanes) is 1. The summed E-state index contributed by atoms with van der Waals surface area (Å²) in [4.78, 5) is 11.8. The van der Waals surface area contributed by atoms with Crippen LogP contribution in [0.2, 0.25) is 0 Å². The van der Waals surface area contributed by atoms with E-state index >= 15 is 0 Å². The highest BCUT2D eigenvalue weighted by Crippen LogP contribution is 2.24. The molecule has 1 unspecified atom stereocenters. The molecule has 0 N–H and O–H groups in total. The van der Waals surface area contributed by atoms with Crippen molar-refractivity contribution in [1.82, 2.24) is 10.2 Å². The minimum atomic E-state index is -0.382. The van der Waals surface area contributed by atoms with Crippen LogP contribution >= 0.6 is 11.8 Å². The predicted molar refractivity (Wildman–Crippen MR) is 91.3 cm³/mol. The number of carbonyl (C=O) groups is 1. The second-order valence-electron chi connectivity index (χ2n) is 5.27. The third kappa shape index (κ3) is 5.56. The molecule has 0 radical (unpaired) electrons. The summed E-state index contributed by atoms with van der Waals surface area (Å²) in [6.45, 7) is 4.27. The maximum Gasteiger partial charge on any atom is 0.319 e. The fraction of sp³-hybridized carbons (Fsp3) is 0.471. The molecule has 0 aliphatic heterocycles. The largest absolute Gasteiger partial charge is 0.497 e. The number of rotatable bonds is 9. The Hall–Kier alpha value is -2.02. The molecule has 1 aromatic carbocycles. The van der Waals surface area contributed by atoms with Crippen LogP contribution in [0.1, 0.15) is 38.1 Å². The Bertz CT molecular complexity index is 660. The van der Waals surface area contributed by atoms with Crippen LogP contribution in [0.25, 0.3) is 0 Å². The highest BCUT2D eigenvalue weighted by molar-refractivity contribution is 8.00. The Morgan fingerprint density at radius 3 is 2.96 bits per heavy atom. The van der Waals surface area contributed by atoms with Crippen molar-refractivity contribution in [2.75, 3.05) is 13.7 Å². The van der Waals surface area contributed by atoms with Crippen molar-refractivity contribution >= 4 is 17.7 Å². The second-order valence-corrected chi connectivity index (χ2v) is 6.56. The van der Waals surface area contributed by atoms with E-state index in [2.05, 4.69) is 10.2 Å². The van der Waals surface area contributed by atoms with Gasteiger partial charge in [0.05, 0.1) is 20.1 Å². The van der Waals surface area contributed by atoms with Crippen LogP contribution in [0.5, 0.6) is 5.75 Å². The summed E-state index contributed by atoms with van der Waals surface area (Å²) in [5.74, 6) is 1.02. The molecule has 0 fully saturated rings. The molecule has 0 aliphatic carbocycles. The average Bonchev–Trinajstić information content (AvgIpc) is 3.02. The van der Waals surface area contributed by atoms with Gasteiger partial charge in [-0.3, -0.25) is 4.79 Å². The Labute approximate surface area is 145 Å². The number of benzene rings is 1. The summed E-state index contributed by atoms with van der Waals surface area (Å²) in [5, 5.41) is 7.99. The average molecular weight is 350 g/mol. The Kier molecular flexibility index (Phi) is 7.11. The standard InChI is InChI=1S/C17H22N2O4S/c1-4-5-9-22-16(20)12(2)24-17-19-18-15(23-17)11-13-7-6-8-14(10-13)21-3/h6-8,10,12H,4-5,9,11H2,1-3H3. The zero-order valence-electron chi connectivity index (χ0n) is 14.2. The van der Waals surface area contributed by atoms with Crippen molar-refractivity contribution < 1.29 is 18.7 Å². The predicted octanol–water partition coefficient (Wildman–Crippen LogP) is 3.49.